The van der Waals surface area contributed by atoms with E-state index in [1.807, 2.05) is 29.2 Å². The lowest BCUT2D eigenvalue weighted by molar-refractivity contribution is -0.143. The Bertz CT molecular complexity index is 1200. The largest absolute Gasteiger partial charge is 0.336 e. The predicted octanol–water partition coefficient (Wildman–Crippen LogP) is 4.19. The van der Waals surface area contributed by atoms with Crippen molar-refractivity contribution in [1.82, 2.24) is 24.8 Å². The molecule has 7 nitrogen and oxygen atoms in total. The van der Waals surface area contributed by atoms with E-state index >= 15 is 0 Å². The summed E-state index contributed by atoms with van der Waals surface area (Å²) in [5.41, 5.74) is 2.94. The second-order valence-corrected chi connectivity index (χ2v) is 10.1. The maximum Gasteiger partial charge on any atom is 0.255 e. The van der Waals surface area contributed by atoms with Crippen LogP contribution in [-0.4, -0.2) is 61.7 Å². The molecule has 0 unspecified atom stereocenters. The Balaban J connectivity index is 1.51. The summed E-state index contributed by atoms with van der Waals surface area (Å²) in [4.78, 5) is 43.5. The van der Waals surface area contributed by atoms with Crippen LogP contribution in [0.5, 0.6) is 0 Å². The number of hydrogen-bond acceptors (Lipinski definition) is 5. The number of nitrogens with zero attached hydrogens (tertiary/aromatic N) is 5. The molecule has 0 aliphatic carbocycles. The van der Waals surface area contributed by atoms with Crippen molar-refractivity contribution in [3.05, 3.63) is 78.6 Å². The first kappa shape index (κ1) is 23.1. The second kappa shape index (κ2) is 9.56. The molecule has 1 aromatic carbocycles. The molecular formula is C28H31N5O2. The Labute approximate surface area is 206 Å². The number of carbonyl (C=O) groups is 2. The van der Waals surface area contributed by atoms with Gasteiger partial charge in [0.15, 0.2) is 0 Å². The molecule has 2 saturated heterocycles. The van der Waals surface area contributed by atoms with Gasteiger partial charge in [-0.15, -0.1) is 0 Å². The van der Waals surface area contributed by atoms with Gasteiger partial charge in [-0.25, -0.2) is 9.97 Å². The van der Waals surface area contributed by atoms with Gasteiger partial charge in [-0.3, -0.25) is 14.6 Å². The van der Waals surface area contributed by atoms with Crippen LogP contribution < -0.4 is 0 Å². The summed E-state index contributed by atoms with van der Waals surface area (Å²) in [6.07, 6.45) is 10.6. The van der Waals surface area contributed by atoms with Gasteiger partial charge in [-0.2, -0.15) is 0 Å². The SMILES string of the molecule is CC(C)CN1C(=O)CCC[C@]12CN(C(=O)c1cncc(-c3cncnc3)c1)C[C@H]2c1ccccc1. The number of aromatic nitrogens is 3. The van der Waals surface area contributed by atoms with Gasteiger partial charge in [0.2, 0.25) is 5.91 Å². The minimum atomic E-state index is -0.394. The molecule has 0 radical (unpaired) electrons. The van der Waals surface area contributed by atoms with Gasteiger partial charge < -0.3 is 9.80 Å². The molecule has 0 saturated carbocycles. The molecule has 0 N–H and O–H groups in total. The van der Waals surface area contributed by atoms with E-state index < -0.39 is 5.54 Å². The van der Waals surface area contributed by atoms with Gasteiger partial charge in [-0.1, -0.05) is 44.2 Å². The molecule has 2 aliphatic rings. The fourth-order valence-corrected chi connectivity index (χ4v) is 5.74. The standard InChI is InChI=1S/C28H31N5O2/c1-20(2)16-33-26(34)9-6-10-28(33)18-32(17-25(28)21-7-4-3-5-8-21)27(35)23-11-22(12-29-13-23)24-14-30-19-31-15-24/h3-5,7-8,11-15,19-20,25H,6,9-10,16-18H2,1-2H3/t25-,28+/m0/s1. The first-order valence-corrected chi connectivity index (χ1v) is 12.3. The van der Waals surface area contributed by atoms with E-state index in [0.717, 1.165) is 24.0 Å². The zero-order valence-corrected chi connectivity index (χ0v) is 20.3. The van der Waals surface area contributed by atoms with Crippen molar-refractivity contribution in [2.45, 2.75) is 44.6 Å². The first-order chi connectivity index (χ1) is 17.0. The van der Waals surface area contributed by atoms with Crippen molar-refractivity contribution in [3.8, 4) is 11.1 Å². The third kappa shape index (κ3) is 4.43. The molecule has 4 heterocycles. The molecule has 1 spiro atoms. The van der Waals surface area contributed by atoms with Crippen molar-refractivity contribution in [2.75, 3.05) is 19.6 Å². The normalized spacial score (nSPS) is 22.3. The third-order valence-corrected chi connectivity index (χ3v) is 7.27. The lowest BCUT2D eigenvalue weighted by Gasteiger charge is -2.49. The molecule has 7 heteroatoms. The van der Waals surface area contributed by atoms with Crippen LogP contribution in [0, 0.1) is 5.92 Å². The Morgan fingerprint density at radius 2 is 1.80 bits per heavy atom. The molecule has 180 valence electrons. The number of rotatable bonds is 5. The summed E-state index contributed by atoms with van der Waals surface area (Å²) in [6, 6.07) is 12.2. The topological polar surface area (TPSA) is 79.3 Å². The van der Waals surface area contributed by atoms with Crippen molar-refractivity contribution in [1.29, 1.82) is 0 Å². The van der Waals surface area contributed by atoms with E-state index in [1.165, 1.54) is 11.9 Å². The van der Waals surface area contributed by atoms with Crippen molar-refractivity contribution < 1.29 is 9.59 Å². The van der Waals surface area contributed by atoms with Crippen LogP contribution in [0.25, 0.3) is 11.1 Å². The van der Waals surface area contributed by atoms with E-state index in [1.54, 1.807) is 24.8 Å². The van der Waals surface area contributed by atoms with Gasteiger partial charge in [0.05, 0.1) is 11.1 Å². The van der Waals surface area contributed by atoms with Crippen molar-refractivity contribution >= 4 is 11.8 Å². The van der Waals surface area contributed by atoms with E-state index in [4.69, 9.17) is 0 Å². The zero-order chi connectivity index (χ0) is 24.4. The van der Waals surface area contributed by atoms with Crippen LogP contribution in [0.15, 0.2) is 67.5 Å². The van der Waals surface area contributed by atoms with E-state index in [0.29, 0.717) is 37.5 Å². The minimum Gasteiger partial charge on any atom is -0.336 e. The Morgan fingerprint density at radius 1 is 1.06 bits per heavy atom. The van der Waals surface area contributed by atoms with Gasteiger partial charge in [0.1, 0.15) is 6.33 Å². The third-order valence-electron chi connectivity index (χ3n) is 7.27. The van der Waals surface area contributed by atoms with Crippen LogP contribution in [0.2, 0.25) is 0 Å². The number of amides is 2. The van der Waals surface area contributed by atoms with Gasteiger partial charge >= 0.3 is 0 Å². The fraction of sp³-hybridized carbons (Fsp3) is 0.393. The molecule has 2 aromatic heterocycles. The van der Waals surface area contributed by atoms with Crippen molar-refractivity contribution in [3.63, 3.8) is 0 Å². The van der Waals surface area contributed by atoms with Gasteiger partial charge in [0, 0.05) is 67.9 Å². The second-order valence-electron chi connectivity index (χ2n) is 10.1. The monoisotopic (exact) mass is 469 g/mol. The van der Waals surface area contributed by atoms with E-state index in [-0.39, 0.29) is 17.7 Å². The maximum absolute atomic E-state index is 13.8. The molecule has 2 atom stereocenters. The summed E-state index contributed by atoms with van der Waals surface area (Å²) in [5.74, 6) is 0.558. The number of hydrogen-bond donors (Lipinski definition) is 0. The summed E-state index contributed by atoms with van der Waals surface area (Å²) < 4.78 is 0. The quantitative estimate of drug-likeness (QED) is 0.560. The number of piperidine rings is 1. The Hall–Kier alpha value is -3.61. The number of pyridine rings is 1. The highest BCUT2D eigenvalue weighted by Gasteiger charge is 2.54. The average molecular weight is 470 g/mol. The predicted molar refractivity (Wildman–Crippen MR) is 133 cm³/mol. The minimum absolute atomic E-state index is 0.0588. The van der Waals surface area contributed by atoms with E-state index in [2.05, 4.69) is 45.8 Å². The van der Waals surface area contributed by atoms with Crippen LogP contribution in [0.1, 0.15) is 54.9 Å². The van der Waals surface area contributed by atoms with Crippen LogP contribution in [0.4, 0.5) is 0 Å². The Morgan fingerprint density at radius 3 is 2.54 bits per heavy atom. The van der Waals surface area contributed by atoms with Crippen LogP contribution >= 0.6 is 0 Å². The molecule has 2 fully saturated rings. The number of carbonyl (C=O) groups excluding carboxylic acids is 2. The molecule has 0 bridgehead atoms. The zero-order valence-electron chi connectivity index (χ0n) is 20.3. The lowest BCUT2D eigenvalue weighted by Crippen LogP contribution is -2.59. The van der Waals surface area contributed by atoms with Gasteiger partial charge in [-0.05, 0) is 30.4 Å². The highest BCUT2D eigenvalue weighted by atomic mass is 16.2. The summed E-state index contributed by atoms with van der Waals surface area (Å²) in [5, 5.41) is 0. The number of benzene rings is 1. The molecular weight excluding hydrogens is 438 g/mol. The summed E-state index contributed by atoms with van der Waals surface area (Å²) >= 11 is 0. The molecule has 5 rings (SSSR count). The lowest BCUT2D eigenvalue weighted by atomic mass is 9.74. The highest BCUT2D eigenvalue weighted by Crippen LogP contribution is 2.46. The first-order valence-electron chi connectivity index (χ1n) is 12.3. The van der Waals surface area contributed by atoms with Crippen LogP contribution in [0.3, 0.4) is 0 Å². The molecule has 2 aliphatic heterocycles. The summed E-state index contributed by atoms with van der Waals surface area (Å²) in [6.45, 7) is 6.10. The molecule has 2 amide bonds. The number of likely N-dealkylation sites (tertiary alicyclic amines) is 2. The van der Waals surface area contributed by atoms with Crippen LogP contribution in [-0.2, 0) is 4.79 Å². The smallest absolute Gasteiger partial charge is 0.255 e. The average Bonchev–Trinajstić information content (AvgIpc) is 3.27. The van der Waals surface area contributed by atoms with E-state index in [9.17, 15) is 9.59 Å². The van der Waals surface area contributed by atoms with Crippen molar-refractivity contribution in [2.24, 2.45) is 5.92 Å². The fourth-order valence-electron chi connectivity index (χ4n) is 5.74. The highest BCUT2D eigenvalue weighted by molar-refractivity contribution is 5.95. The Kier molecular flexibility index (Phi) is 6.32. The van der Waals surface area contributed by atoms with Gasteiger partial charge in [0.25, 0.3) is 5.91 Å². The maximum atomic E-state index is 13.8. The molecule has 35 heavy (non-hydrogen) atoms. The molecule has 3 aromatic rings. The summed E-state index contributed by atoms with van der Waals surface area (Å²) in [7, 11) is 0.